The third-order valence-electron chi connectivity index (χ3n) is 5.68. The summed E-state index contributed by atoms with van der Waals surface area (Å²) < 4.78 is 1.83. The van der Waals surface area contributed by atoms with Gasteiger partial charge in [-0.2, -0.15) is 4.98 Å². The summed E-state index contributed by atoms with van der Waals surface area (Å²) in [5.74, 6) is 0.878. The van der Waals surface area contributed by atoms with Crippen molar-refractivity contribution in [2.45, 2.75) is 32.3 Å². The Labute approximate surface area is 170 Å². The fourth-order valence-electron chi connectivity index (χ4n) is 3.83. The Hall–Kier alpha value is -2.77. The van der Waals surface area contributed by atoms with Crippen molar-refractivity contribution in [1.29, 1.82) is 0 Å². The van der Waals surface area contributed by atoms with Crippen LogP contribution in [0.2, 0.25) is 0 Å². The van der Waals surface area contributed by atoms with E-state index in [4.69, 9.17) is 0 Å². The fraction of sp³-hybridized carbons (Fsp3) is 0.409. The summed E-state index contributed by atoms with van der Waals surface area (Å²) in [5.41, 5.74) is 4.76. The van der Waals surface area contributed by atoms with Gasteiger partial charge in [-0.15, -0.1) is 5.10 Å². The van der Waals surface area contributed by atoms with Gasteiger partial charge in [0.2, 0.25) is 5.95 Å². The molecule has 4 rings (SSSR count). The molecule has 0 aliphatic carbocycles. The Morgan fingerprint density at radius 1 is 1.24 bits per heavy atom. The van der Waals surface area contributed by atoms with E-state index in [1.165, 1.54) is 0 Å². The molecule has 3 N–H and O–H groups in total. The third kappa shape index (κ3) is 4.46. The summed E-state index contributed by atoms with van der Waals surface area (Å²) in [7, 11) is 1.79. The van der Waals surface area contributed by atoms with Crippen LogP contribution in [0.1, 0.15) is 31.0 Å². The number of nitrogens with zero attached hydrogens (tertiary/aromatic N) is 4. The predicted octanol–water partition coefficient (Wildman–Crippen LogP) is 2.81. The molecule has 3 heterocycles. The van der Waals surface area contributed by atoms with Gasteiger partial charge in [0, 0.05) is 30.6 Å². The Balaban J connectivity index is 1.51. The van der Waals surface area contributed by atoms with Gasteiger partial charge in [0.1, 0.15) is 0 Å². The van der Waals surface area contributed by atoms with Crippen molar-refractivity contribution in [3.63, 3.8) is 0 Å². The van der Waals surface area contributed by atoms with Crippen molar-refractivity contribution >= 4 is 23.0 Å². The van der Waals surface area contributed by atoms with Gasteiger partial charge >= 0.3 is 0 Å². The van der Waals surface area contributed by atoms with Crippen LogP contribution in [0.5, 0.6) is 0 Å². The topological polar surface area (TPSA) is 86.8 Å². The van der Waals surface area contributed by atoms with E-state index in [0.717, 1.165) is 54.2 Å². The molecule has 7 nitrogen and oxygen atoms in total. The molecule has 3 aromatic rings. The minimum absolute atomic E-state index is 0.334. The van der Waals surface area contributed by atoms with Crippen molar-refractivity contribution in [2.24, 2.45) is 10.9 Å². The molecule has 0 bridgehead atoms. The van der Waals surface area contributed by atoms with E-state index in [9.17, 15) is 5.11 Å². The molecule has 1 fully saturated rings. The van der Waals surface area contributed by atoms with E-state index in [0.29, 0.717) is 18.3 Å². The molecule has 1 aliphatic rings. The van der Waals surface area contributed by atoms with Crippen LogP contribution in [-0.2, 0) is 6.42 Å². The number of benzene rings is 1. The SMILES string of the molecule is CN=C(C)c1ccc(Nc2nc3cccc(CC(O)C4CCNCC4)n3n2)cc1. The molecule has 152 valence electrons. The summed E-state index contributed by atoms with van der Waals surface area (Å²) in [6, 6.07) is 14.0. The van der Waals surface area contributed by atoms with Gasteiger partial charge in [-0.3, -0.25) is 4.99 Å². The van der Waals surface area contributed by atoms with Gasteiger partial charge in [-0.1, -0.05) is 18.2 Å². The monoisotopic (exact) mass is 392 g/mol. The van der Waals surface area contributed by atoms with Crippen LogP contribution >= 0.6 is 0 Å². The summed E-state index contributed by atoms with van der Waals surface area (Å²) in [5, 5.41) is 21.9. The van der Waals surface area contributed by atoms with Crippen molar-refractivity contribution in [3.05, 3.63) is 53.7 Å². The average molecular weight is 393 g/mol. The van der Waals surface area contributed by atoms with Crippen molar-refractivity contribution in [2.75, 3.05) is 25.5 Å². The van der Waals surface area contributed by atoms with Crippen molar-refractivity contribution in [3.8, 4) is 0 Å². The molecule has 29 heavy (non-hydrogen) atoms. The number of aliphatic imine (C=N–C) groups is 1. The Morgan fingerprint density at radius 3 is 2.72 bits per heavy atom. The van der Waals surface area contributed by atoms with Crippen molar-refractivity contribution < 1.29 is 5.11 Å². The standard InChI is InChI=1S/C22H28N6O/c1-15(23-2)16-6-8-18(9-7-16)25-22-26-21-5-3-4-19(28(21)27-22)14-20(29)17-10-12-24-13-11-17/h3-9,17,20,24,29H,10-14H2,1-2H3,(H,25,27). The molecule has 1 saturated heterocycles. The highest BCUT2D eigenvalue weighted by molar-refractivity contribution is 5.98. The second kappa shape index (κ2) is 8.71. The number of fused-ring (bicyclic) bond motifs is 1. The number of piperidine rings is 1. The quantitative estimate of drug-likeness (QED) is 0.562. The first-order chi connectivity index (χ1) is 14.1. The van der Waals surface area contributed by atoms with Crippen LogP contribution in [0.15, 0.2) is 47.5 Å². The minimum Gasteiger partial charge on any atom is -0.392 e. The van der Waals surface area contributed by atoms with Gasteiger partial charge in [-0.25, -0.2) is 4.52 Å². The van der Waals surface area contributed by atoms with Crippen LogP contribution in [-0.4, -0.2) is 51.7 Å². The number of pyridine rings is 1. The van der Waals surface area contributed by atoms with Crippen LogP contribution in [0.25, 0.3) is 5.65 Å². The average Bonchev–Trinajstić information content (AvgIpc) is 3.18. The molecule has 1 unspecified atom stereocenters. The molecular weight excluding hydrogens is 364 g/mol. The number of nitrogens with one attached hydrogen (secondary N) is 2. The lowest BCUT2D eigenvalue weighted by Crippen LogP contribution is -2.35. The lowest BCUT2D eigenvalue weighted by molar-refractivity contribution is 0.0877. The molecule has 0 spiro atoms. The van der Waals surface area contributed by atoms with Crippen LogP contribution in [0, 0.1) is 5.92 Å². The van der Waals surface area contributed by atoms with E-state index in [2.05, 4.69) is 25.7 Å². The number of aliphatic hydroxyl groups is 1. The number of rotatable bonds is 6. The predicted molar refractivity (Wildman–Crippen MR) is 116 cm³/mol. The second-order valence-electron chi connectivity index (χ2n) is 7.59. The van der Waals surface area contributed by atoms with Gasteiger partial charge in [-0.05, 0) is 68.6 Å². The third-order valence-corrected chi connectivity index (χ3v) is 5.68. The summed E-state index contributed by atoms with van der Waals surface area (Å²) in [6.45, 7) is 3.95. The first kappa shape index (κ1) is 19.5. The largest absolute Gasteiger partial charge is 0.392 e. The summed E-state index contributed by atoms with van der Waals surface area (Å²) >= 11 is 0. The molecular formula is C22H28N6O. The molecule has 1 aliphatic heterocycles. The number of hydrogen-bond acceptors (Lipinski definition) is 6. The fourth-order valence-corrected chi connectivity index (χ4v) is 3.83. The molecule has 1 atom stereocenters. The van der Waals surface area contributed by atoms with E-state index < -0.39 is 0 Å². The summed E-state index contributed by atoms with van der Waals surface area (Å²) in [6.07, 6.45) is 2.24. The maximum atomic E-state index is 10.7. The van der Waals surface area contributed by atoms with Gasteiger partial charge in [0.05, 0.1) is 6.10 Å². The lowest BCUT2D eigenvalue weighted by Gasteiger charge is -2.27. The highest BCUT2D eigenvalue weighted by Crippen LogP contribution is 2.21. The van der Waals surface area contributed by atoms with Gasteiger partial charge < -0.3 is 15.7 Å². The number of anilines is 2. The second-order valence-corrected chi connectivity index (χ2v) is 7.59. The Morgan fingerprint density at radius 2 is 2.00 bits per heavy atom. The maximum absolute atomic E-state index is 10.7. The Bertz CT molecular complexity index is 988. The first-order valence-corrected chi connectivity index (χ1v) is 10.2. The summed E-state index contributed by atoms with van der Waals surface area (Å²) in [4.78, 5) is 8.80. The molecule has 0 radical (unpaired) electrons. The zero-order valence-corrected chi connectivity index (χ0v) is 17.0. The van der Waals surface area contributed by atoms with Gasteiger partial charge in [0.15, 0.2) is 5.65 Å². The number of hydrogen-bond donors (Lipinski definition) is 3. The highest BCUT2D eigenvalue weighted by Gasteiger charge is 2.22. The maximum Gasteiger partial charge on any atom is 0.247 e. The zero-order chi connectivity index (χ0) is 20.2. The van der Waals surface area contributed by atoms with Crippen LogP contribution < -0.4 is 10.6 Å². The molecule has 7 heteroatoms. The van der Waals surface area contributed by atoms with E-state index >= 15 is 0 Å². The molecule has 0 saturated carbocycles. The van der Waals surface area contributed by atoms with Crippen LogP contribution in [0.3, 0.4) is 0 Å². The van der Waals surface area contributed by atoms with E-state index in [1.54, 1.807) is 7.05 Å². The Kier molecular flexibility index (Phi) is 5.87. The molecule has 2 aromatic heterocycles. The zero-order valence-electron chi connectivity index (χ0n) is 17.0. The van der Waals surface area contributed by atoms with E-state index in [-0.39, 0.29) is 6.10 Å². The highest BCUT2D eigenvalue weighted by atomic mass is 16.3. The number of aliphatic hydroxyl groups excluding tert-OH is 1. The molecule has 1 aromatic carbocycles. The van der Waals surface area contributed by atoms with Crippen LogP contribution in [0.4, 0.5) is 11.6 Å². The lowest BCUT2D eigenvalue weighted by atomic mass is 9.89. The molecule has 0 amide bonds. The van der Waals surface area contributed by atoms with Gasteiger partial charge in [0.25, 0.3) is 0 Å². The minimum atomic E-state index is -0.362. The smallest absolute Gasteiger partial charge is 0.247 e. The normalized spacial score (nSPS) is 16.9. The van der Waals surface area contributed by atoms with Crippen molar-refractivity contribution in [1.82, 2.24) is 19.9 Å². The first-order valence-electron chi connectivity index (χ1n) is 10.2. The van der Waals surface area contributed by atoms with E-state index in [1.807, 2.05) is 53.9 Å². The number of aromatic nitrogens is 3.